The molecule has 1 N–H and O–H groups in total. The molecule has 0 atom stereocenters. The molecule has 2 aromatic carbocycles. The average molecular weight is 434 g/mol. The molecule has 8 heteroatoms. The van der Waals surface area contributed by atoms with Crippen molar-refractivity contribution in [2.75, 3.05) is 38.9 Å². The van der Waals surface area contributed by atoms with Gasteiger partial charge in [0.1, 0.15) is 0 Å². The summed E-state index contributed by atoms with van der Waals surface area (Å²) in [5, 5.41) is 2.72. The van der Waals surface area contributed by atoms with E-state index in [1.54, 1.807) is 55.3 Å². The summed E-state index contributed by atoms with van der Waals surface area (Å²) in [6.07, 6.45) is 1.96. The van der Waals surface area contributed by atoms with Gasteiger partial charge >= 0.3 is 5.97 Å². The van der Waals surface area contributed by atoms with Crippen molar-refractivity contribution >= 4 is 41.2 Å². The fraction of sp³-hybridized carbons (Fsp3) is 0.286. The molecule has 0 aromatic heterocycles. The van der Waals surface area contributed by atoms with Gasteiger partial charge in [-0.1, -0.05) is 24.3 Å². The van der Waals surface area contributed by atoms with Crippen molar-refractivity contribution in [2.24, 2.45) is 0 Å². The van der Waals surface area contributed by atoms with Crippen LogP contribution in [0.25, 0.3) is 0 Å². The predicted octanol–water partition coefficient (Wildman–Crippen LogP) is 3.30. The molecule has 0 unspecified atom stereocenters. The summed E-state index contributed by atoms with van der Waals surface area (Å²) in [5.74, 6) is -0.857. The molecule has 0 aliphatic rings. The number of Topliss-reactive ketones (excluding diaryl/α,β-unsaturated/α-hetero) is 1. The Labute approximate surface area is 178 Å². The van der Waals surface area contributed by atoms with Gasteiger partial charge in [-0.3, -0.25) is 9.59 Å². The molecule has 29 heavy (non-hydrogen) atoms. The molecule has 0 aliphatic heterocycles. The zero-order chi connectivity index (χ0) is 21.1. The molecule has 0 heterocycles. The van der Waals surface area contributed by atoms with Crippen molar-refractivity contribution in [3.8, 4) is 0 Å². The molecule has 2 rings (SSSR count). The first-order valence-electron chi connectivity index (χ1n) is 8.87. The zero-order valence-electron chi connectivity index (χ0n) is 16.3. The number of ketones is 1. The van der Waals surface area contributed by atoms with E-state index < -0.39 is 5.97 Å². The number of rotatable bonds is 11. The largest absolute Gasteiger partial charge is 0.454 e. The average Bonchev–Trinajstić information content (AvgIpc) is 2.76. The van der Waals surface area contributed by atoms with E-state index in [9.17, 15) is 14.4 Å². The van der Waals surface area contributed by atoms with Gasteiger partial charge < -0.3 is 14.8 Å². The number of amides is 1. The van der Waals surface area contributed by atoms with E-state index in [2.05, 4.69) is 5.32 Å². The lowest BCUT2D eigenvalue weighted by Gasteiger charge is -2.09. The topological polar surface area (TPSA) is 81.7 Å². The molecule has 6 nitrogen and oxygen atoms in total. The third kappa shape index (κ3) is 7.56. The predicted molar refractivity (Wildman–Crippen MR) is 115 cm³/mol. The van der Waals surface area contributed by atoms with Crippen LogP contribution in [0.2, 0.25) is 0 Å². The van der Waals surface area contributed by atoms with E-state index >= 15 is 0 Å². The number of carbonyl (C=O) groups excluding carboxylic acids is 3. The Bertz CT molecular complexity index is 839. The van der Waals surface area contributed by atoms with Gasteiger partial charge in [0.05, 0.1) is 17.9 Å². The molecule has 0 saturated carbocycles. The zero-order valence-corrected chi connectivity index (χ0v) is 17.9. The van der Waals surface area contributed by atoms with Crippen LogP contribution in [0, 0.1) is 0 Å². The summed E-state index contributed by atoms with van der Waals surface area (Å²) < 4.78 is 10.1. The monoisotopic (exact) mass is 433 g/mol. The van der Waals surface area contributed by atoms with Crippen molar-refractivity contribution in [1.29, 1.82) is 0 Å². The Kier molecular flexibility index (Phi) is 9.76. The van der Waals surface area contributed by atoms with Crippen LogP contribution in [0.4, 0.5) is 0 Å². The summed E-state index contributed by atoms with van der Waals surface area (Å²) in [4.78, 5) is 38.2. The normalized spacial score (nSPS) is 10.4. The number of carbonyl (C=O) groups is 3. The molecule has 154 valence electrons. The van der Waals surface area contributed by atoms with E-state index in [1.807, 2.05) is 18.4 Å². The minimum atomic E-state index is -0.595. The van der Waals surface area contributed by atoms with E-state index in [-0.39, 0.29) is 24.1 Å². The molecule has 0 spiro atoms. The van der Waals surface area contributed by atoms with E-state index in [0.717, 1.165) is 4.90 Å². The number of benzene rings is 2. The number of thioether (sulfide) groups is 2. The first kappa shape index (κ1) is 23.0. The molecule has 0 saturated heterocycles. The quantitative estimate of drug-likeness (QED) is 0.252. The third-order valence-electron chi connectivity index (χ3n) is 3.84. The lowest BCUT2D eigenvalue weighted by Crippen LogP contribution is -2.28. The second-order valence-corrected chi connectivity index (χ2v) is 7.75. The first-order valence-corrected chi connectivity index (χ1v) is 11.1. The lowest BCUT2D eigenvalue weighted by molar-refractivity contribution is -0.118. The molecule has 0 fully saturated rings. The molecule has 1 amide bonds. The Morgan fingerprint density at radius 2 is 1.76 bits per heavy atom. The lowest BCUT2D eigenvalue weighted by atomic mass is 10.1. The molecule has 0 aliphatic carbocycles. The number of hydrogen-bond acceptors (Lipinski definition) is 7. The number of methoxy groups -OCH3 is 1. The first-order chi connectivity index (χ1) is 14.0. The van der Waals surface area contributed by atoms with Crippen molar-refractivity contribution in [3.63, 3.8) is 0 Å². The number of nitrogens with one attached hydrogen (secondary N) is 1. The fourth-order valence-electron chi connectivity index (χ4n) is 2.32. The maximum Gasteiger partial charge on any atom is 0.339 e. The number of hydrogen-bond donors (Lipinski definition) is 1. The van der Waals surface area contributed by atoms with Crippen LogP contribution < -0.4 is 5.32 Å². The van der Waals surface area contributed by atoms with Gasteiger partial charge in [0, 0.05) is 29.0 Å². The highest BCUT2D eigenvalue weighted by Crippen LogP contribution is 2.23. The highest BCUT2D eigenvalue weighted by Gasteiger charge is 2.16. The van der Waals surface area contributed by atoms with Crippen molar-refractivity contribution in [2.45, 2.75) is 9.79 Å². The standard InChI is InChI=1S/C21H23NO5S2/c1-26-12-11-22-20(24)14-29-19-6-4-3-5-17(19)21(25)27-13-18(23)15-7-9-16(28-2)10-8-15/h3-10H,11-14H2,1-2H3,(H,22,24). The van der Waals surface area contributed by atoms with E-state index in [0.29, 0.717) is 29.2 Å². The Balaban J connectivity index is 1.91. The molecular formula is C21H23NO5S2. The minimum Gasteiger partial charge on any atom is -0.454 e. The van der Waals surface area contributed by atoms with Gasteiger partial charge in [-0.2, -0.15) is 0 Å². The van der Waals surface area contributed by atoms with Gasteiger partial charge in [0.25, 0.3) is 0 Å². The van der Waals surface area contributed by atoms with Gasteiger partial charge in [0.2, 0.25) is 5.91 Å². The van der Waals surface area contributed by atoms with Crippen LogP contribution in [-0.4, -0.2) is 56.5 Å². The van der Waals surface area contributed by atoms with Gasteiger partial charge in [-0.25, -0.2) is 4.79 Å². The van der Waals surface area contributed by atoms with Crippen LogP contribution >= 0.6 is 23.5 Å². The van der Waals surface area contributed by atoms with Crippen LogP contribution in [0.3, 0.4) is 0 Å². The van der Waals surface area contributed by atoms with Crippen molar-refractivity contribution < 1.29 is 23.9 Å². The van der Waals surface area contributed by atoms with Gasteiger partial charge in [-0.15, -0.1) is 23.5 Å². The molecular weight excluding hydrogens is 410 g/mol. The number of ether oxygens (including phenoxy) is 2. The fourth-order valence-corrected chi connectivity index (χ4v) is 3.60. The Morgan fingerprint density at radius 3 is 2.45 bits per heavy atom. The Morgan fingerprint density at radius 1 is 1.03 bits per heavy atom. The summed E-state index contributed by atoms with van der Waals surface area (Å²) in [5.41, 5.74) is 0.818. The molecule has 0 radical (unpaired) electrons. The maximum absolute atomic E-state index is 12.4. The number of esters is 1. The van der Waals surface area contributed by atoms with Crippen molar-refractivity contribution in [1.82, 2.24) is 5.32 Å². The summed E-state index contributed by atoms with van der Waals surface area (Å²) in [6.45, 7) is 0.529. The maximum atomic E-state index is 12.4. The second kappa shape index (κ2) is 12.3. The highest BCUT2D eigenvalue weighted by molar-refractivity contribution is 8.00. The SMILES string of the molecule is COCCNC(=O)CSc1ccccc1C(=O)OCC(=O)c1ccc(SC)cc1. The van der Waals surface area contributed by atoms with Crippen molar-refractivity contribution in [3.05, 3.63) is 59.7 Å². The third-order valence-corrected chi connectivity index (χ3v) is 5.66. The Hall–Kier alpha value is -2.29. The summed E-state index contributed by atoms with van der Waals surface area (Å²) in [6, 6.07) is 14.0. The second-order valence-electron chi connectivity index (χ2n) is 5.86. The van der Waals surface area contributed by atoms with Crippen LogP contribution in [0.5, 0.6) is 0 Å². The molecule has 0 bridgehead atoms. The van der Waals surface area contributed by atoms with Gasteiger partial charge in [-0.05, 0) is 30.5 Å². The highest BCUT2D eigenvalue weighted by atomic mass is 32.2. The van der Waals surface area contributed by atoms with Gasteiger partial charge in [0.15, 0.2) is 12.4 Å². The van der Waals surface area contributed by atoms with Crippen LogP contribution in [0.1, 0.15) is 20.7 Å². The summed E-state index contributed by atoms with van der Waals surface area (Å²) in [7, 11) is 1.56. The summed E-state index contributed by atoms with van der Waals surface area (Å²) >= 11 is 2.82. The van der Waals surface area contributed by atoms with E-state index in [4.69, 9.17) is 9.47 Å². The van der Waals surface area contributed by atoms with Crippen LogP contribution in [0.15, 0.2) is 58.3 Å². The van der Waals surface area contributed by atoms with Crippen LogP contribution in [-0.2, 0) is 14.3 Å². The molecule has 2 aromatic rings. The van der Waals surface area contributed by atoms with E-state index in [1.165, 1.54) is 11.8 Å². The minimum absolute atomic E-state index is 0.154. The smallest absolute Gasteiger partial charge is 0.339 e.